The Kier molecular flexibility index (Phi) is 4.57. The monoisotopic (exact) mass is 421 g/mol. The third-order valence-electron chi connectivity index (χ3n) is 6.66. The van der Waals surface area contributed by atoms with Crippen molar-refractivity contribution < 1.29 is 19.4 Å². The molecule has 1 amide bonds. The Morgan fingerprint density at radius 3 is 2.74 bits per heavy atom. The molecule has 0 radical (unpaired) electrons. The lowest BCUT2D eigenvalue weighted by Crippen LogP contribution is -2.59. The molecule has 31 heavy (non-hydrogen) atoms. The number of nitrogens with zero attached hydrogens (tertiary/aromatic N) is 3. The average Bonchev–Trinajstić information content (AvgIpc) is 3.22. The number of carbonyl (C=O) groups excluding carboxylic acids is 1. The summed E-state index contributed by atoms with van der Waals surface area (Å²) in [7, 11) is 1.65. The molecule has 3 heterocycles. The summed E-state index contributed by atoms with van der Waals surface area (Å²) in [5.74, 6) is 1.77. The van der Waals surface area contributed by atoms with Gasteiger partial charge in [0, 0.05) is 50.4 Å². The number of rotatable bonds is 2. The van der Waals surface area contributed by atoms with E-state index >= 15 is 0 Å². The van der Waals surface area contributed by atoms with E-state index in [1.165, 1.54) is 0 Å². The fraction of sp³-hybridized carbons (Fsp3) is 0.417. The first-order valence-electron chi connectivity index (χ1n) is 10.7. The SMILES string of the molecule is COc1cccc2c1OC1(CCN(C(C)=O)CC1)N1N=C(c3cc(C)ccc3O)C[C@H]21. The lowest BCUT2D eigenvalue weighted by atomic mass is 9.90. The number of fused-ring (bicyclic) bond motifs is 4. The molecule has 0 unspecified atom stereocenters. The number of carbonyl (C=O) groups is 1. The second-order valence-corrected chi connectivity index (χ2v) is 8.56. The Morgan fingerprint density at radius 2 is 2.03 bits per heavy atom. The number of piperidine rings is 1. The molecule has 2 aromatic rings. The smallest absolute Gasteiger partial charge is 0.219 e. The van der Waals surface area contributed by atoms with Gasteiger partial charge in [0.05, 0.1) is 18.9 Å². The van der Waals surface area contributed by atoms with Crippen LogP contribution < -0.4 is 9.47 Å². The highest BCUT2D eigenvalue weighted by Gasteiger charge is 2.53. The number of phenols is 1. The van der Waals surface area contributed by atoms with E-state index in [1.54, 1.807) is 20.1 Å². The molecular formula is C24H27N3O4. The molecule has 0 saturated carbocycles. The van der Waals surface area contributed by atoms with Crippen LogP contribution in [0.25, 0.3) is 0 Å². The number of aryl methyl sites for hydroxylation is 1. The maximum Gasteiger partial charge on any atom is 0.219 e. The van der Waals surface area contributed by atoms with Crippen molar-refractivity contribution in [2.45, 2.75) is 44.9 Å². The molecule has 0 aliphatic carbocycles. The van der Waals surface area contributed by atoms with Crippen molar-refractivity contribution in [2.75, 3.05) is 20.2 Å². The van der Waals surface area contributed by atoms with Crippen molar-refractivity contribution in [2.24, 2.45) is 5.10 Å². The molecule has 1 fully saturated rings. The summed E-state index contributed by atoms with van der Waals surface area (Å²) in [5, 5.41) is 17.6. The molecule has 3 aliphatic rings. The van der Waals surface area contributed by atoms with Gasteiger partial charge >= 0.3 is 0 Å². The Bertz CT molecular complexity index is 1070. The quantitative estimate of drug-likeness (QED) is 0.802. The molecule has 1 spiro atoms. The molecule has 7 nitrogen and oxygen atoms in total. The van der Waals surface area contributed by atoms with Gasteiger partial charge in [-0.3, -0.25) is 4.79 Å². The summed E-state index contributed by atoms with van der Waals surface area (Å²) in [6.45, 7) is 4.84. The topological polar surface area (TPSA) is 74.6 Å². The Labute approximate surface area is 181 Å². The number of benzene rings is 2. The number of hydrazone groups is 1. The molecule has 162 valence electrons. The van der Waals surface area contributed by atoms with E-state index in [4.69, 9.17) is 14.6 Å². The summed E-state index contributed by atoms with van der Waals surface area (Å²) in [6.07, 6.45) is 1.97. The first-order chi connectivity index (χ1) is 14.9. The number of hydrogen-bond donors (Lipinski definition) is 1. The zero-order valence-corrected chi connectivity index (χ0v) is 18.1. The maximum absolute atomic E-state index is 11.9. The minimum atomic E-state index is -0.653. The minimum absolute atomic E-state index is 0.0161. The van der Waals surface area contributed by atoms with E-state index in [2.05, 4.69) is 11.1 Å². The molecule has 0 aromatic heterocycles. The van der Waals surface area contributed by atoms with Crippen LogP contribution >= 0.6 is 0 Å². The lowest BCUT2D eigenvalue weighted by molar-refractivity contribution is -0.159. The van der Waals surface area contributed by atoms with Crippen molar-refractivity contribution in [3.63, 3.8) is 0 Å². The van der Waals surface area contributed by atoms with E-state index in [9.17, 15) is 9.90 Å². The zero-order chi connectivity index (χ0) is 21.8. The van der Waals surface area contributed by atoms with Crippen LogP contribution in [-0.2, 0) is 4.79 Å². The fourth-order valence-electron chi connectivity index (χ4n) is 4.98. The van der Waals surface area contributed by atoms with Gasteiger partial charge in [0.2, 0.25) is 11.6 Å². The van der Waals surface area contributed by atoms with Gasteiger partial charge in [0.25, 0.3) is 0 Å². The van der Waals surface area contributed by atoms with Crippen LogP contribution in [0.3, 0.4) is 0 Å². The molecule has 7 heteroatoms. The van der Waals surface area contributed by atoms with Gasteiger partial charge in [0.15, 0.2) is 11.5 Å². The summed E-state index contributed by atoms with van der Waals surface area (Å²) in [4.78, 5) is 13.8. The number of amides is 1. The fourth-order valence-corrected chi connectivity index (χ4v) is 4.98. The van der Waals surface area contributed by atoms with Crippen molar-refractivity contribution in [1.82, 2.24) is 9.91 Å². The van der Waals surface area contributed by atoms with Crippen LogP contribution in [0, 0.1) is 6.92 Å². The third kappa shape index (κ3) is 3.10. The minimum Gasteiger partial charge on any atom is -0.507 e. The number of ether oxygens (including phenoxy) is 2. The van der Waals surface area contributed by atoms with E-state index in [1.807, 2.05) is 36.1 Å². The number of aromatic hydroxyl groups is 1. The van der Waals surface area contributed by atoms with Crippen LogP contribution in [0.4, 0.5) is 0 Å². The molecule has 1 saturated heterocycles. The van der Waals surface area contributed by atoms with Gasteiger partial charge in [-0.1, -0.05) is 23.8 Å². The van der Waals surface area contributed by atoms with Gasteiger partial charge in [0.1, 0.15) is 5.75 Å². The van der Waals surface area contributed by atoms with Crippen molar-refractivity contribution in [1.29, 1.82) is 0 Å². The van der Waals surface area contributed by atoms with E-state index in [-0.39, 0.29) is 17.7 Å². The highest BCUT2D eigenvalue weighted by Crippen LogP contribution is 2.53. The summed E-state index contributed by atoms with van der Waals surface area (Å²) >= 11 is 0. The predicted molar refractivity (Wildman–Crippen MR) is 116 cm³/mol. The standard InChI is InChI=1S/C24H27N3O4/c1-15-7-8-21(29)18(13-15)19-14-20-17-5-4-6-22(30-3)23(17)31-24(27(20)25-19)9-11-26(12-10-24)16(2)28/h4-8,13,20,29H,9-12,14H2,1-3H3/t20-/m1/s1. The van der Waals surface area contributed by atoms with E-state index in [0.29, 0.717) is 38.1 Å². The lowest BCUT2D eigenvalue weighted by Gasteiger charge is -2.51. The molecular weight excluding hydrogens is 394 g/mol. The van der Waals surface area contributed by atoms with Crippen LogP contribution in [0.1, 0.15) is 48.9 Å². The highest BCUT2D eigenvalue weighted by molar-refractivity contribution is 6.04. The van der Waals surface area contributed by atoms with Crippen LogP contribution in [-0.4, -0.2) is 52.6 Å². The van der Waals surface area contributed by atoms with Crippen molar-refractivity contribution in [3.05, 3.63) is 53.1 Å². The largest absolute Gasteiger partial charge is 0.507 e. The first kappa shape index (κ1) is 19.7. The van der Waals surface area contributed by atoms with Gasteiger partial charge < -0.3 is 19.5 Å². The molecule has 1 N–H and O–H groups in total. The zero-order valence-electron chi connectivity index (χ0n) is 18.1. The Morgan fingerprint density at radius 1 is 1.26 bits per heavy atom. The van der Waals surface area contributed by atoms with E-state index in [0.717, 1.165) is 28.2 Å². The number of hydrogen-bond acceptors (Lipinski definition) is 6. The second kappa shape index (κ2) is 7.18. The molecule has 2 aromatic carbocycles. The second-order valence-electron chi connectivity index (χ2n) is 8.56. The van der Waals surface area contributed by atoms with Crippen molar-refractivity contribution >= 4 is 11.6 Å². The normalized spacial score (nSPS) is 21.3. The number of phenolic OH excluding ortho intramolecular Hbond substituents is 1. The number of methoxy groups -OCH3 is 1. The molecule has 0 bridgehead atoms. The maximum atomic E-state index is 11.9. The average molecular weight is 421 g/mol. The Balaban J connectivity index is 1.60. The van der Waals surface area contributed by atoms with Gasteiger partial charge in [-0.25, -0.2) is 5.01 Å². The Hall–Kier alpha value is -3.22. The third-order valence-corrected chi connectivity index (χ3v) is 6.66. The van der Waals surface area contributed by atoms with Crippen molar-refractivity contribution in [3.8, 4) is 17.2 Å². The van der Waals surface area contributed by atoms with Gasteiger partial charge in [-0.15, -0.1) is 0 Å². The van der Waals surface area contributed by atoms with Crippen LogP contribution in [0.5, 0.6) is 17.2 Å². The van der Waals surface area contributed by atoms with Gasteiger partial charge in [-0.05, 0) is 25.1 Å². The predicted octanol–water partition coefficient (Wildman–Crippen LogP) is 3.59. The van der Waals surface area contributed by atoms with Crippen LogP contribution in [0.2, 0.25) is 0 Å². The number of likely N-dealkylation sites (tertiary alicyclic amines) is 1. The number of para-hydroxylation sites is 1. The molecule has 1 atom stereocenters. The van der Waals surface area contributed by atoms with Crippen LogP contribution in [0.15, 0.2) is 41.5 Å². The summed E-state index contributed by atoms with van der Waals surface area (Å²) in [6, 6.07) is 11.5. The summed E-state index contributed by atoms with van der Waals surface area (Å²) < 4.78 is 12.3. The summed E-state index contributed by atoms with van der Waals surface area (Å²) in [5.41, 5.74) is 3.06. The van der Waals surface area contributed by atoms with Gasteiger partial charge in [-0.2, -0.15) is 5.10 Å². The van der Waals surface area contributed by atoms with E-state index < -0.39 is 5.72 Å². The molecule has 3 aliphatic heterocycles. The molecule has 5 rings (SSSR count). The highest BCUT2D eigenvalue weighted by atomic mass is 16.5. The first-order valence-corrected chi connectivity index (χ1v) is 10.7.